The molecule has 1 heterocycles. The third-order valence-electron chi connectivity index (χ3n) is 4.85. The summed E-state index contributed by atoms with van der Waals surface area (Å²) in [5.74, 6) is -1.68. The van der Waals surface area contributed by atoms with Crippen molar-refractivity contribution in [3.63, 3.8) is 0 Å². The largest absolute Gasteiger partial charge is 0.348 e. The number of aryl methyl sites for hydroxylation is 1. The molecule has 0 aliphatic carbocycles. The summed E-state index contributed by atoms with van der Waals surface area (Å²) in [6.45, 7) is 1.93. The molecule has 168 valence electrons. The molecule has 0 bridgehead atoms. The fourth-order valence-corrected chi connectivity index (χ4v) is 5.96. The Labute approximate surface area is 196 Å². The summed E-state index contributed by atoms with van der Waals surface area (Å²) >= 11 is 7.14. The van der Waals surface area contributed by atoms with Crippen molar-refractivity contribution in [2.75, 3.05) is 13.1 Å². The predicted octanol–water partition coefficient (Wildman–Crippen LogP) is 3.70. The molecule has 0 radical (unpaired) electrons. The predicted molar refractivity (Wildman–Crippen MR) is 127 cm³/mol. The third kappa shape index (κ3) is 6.18. The number of carbonyl (C=O) groups excluding carboxylic acids is 2. The minimum atomic E-state index is -3.77. The standard InChI is InChI=1S/C23H23ClN2O4S2/c1-16-4-10-19(11-5-16)32(29,30)21(20-3-2-14-31-20)15-26-23(28)22(27)25-13-12-17-6-8-18(24)9-7-17/h2-11,14,21H,12-13,15H2,1H3,(H,25,27)(H,26,28)/t21-/m0/s1. The fraction of sp³-hybridized carbons (Fsp3) is 0.217. The molecule has 2 aromatic carbocycles. The minimum Gasteiger partial charge on any atom is -0.348 e. The van der Waals surface area contributed by atoms with Gasteiger partial charge in [0.25, 0.3) is 0 Å². The van der Waals surface area contributed by atoms with Gasteiger partial charge in [0, 0.05) is 23.0 Å². The first-order chi connectivity index (χ1) is 15.3. The van der Waals surface area contributed by atoms with E-state index in [-0.39, 0.29) is 18.0 Å². The summed E-state index contributed by atoms with van der Waals surface area (Å²) in [5.41, 5.74) is 1.91. The SMILES string of the molecule is Cc1ccc(S(=O)(=O)[C@@H](CNC(=O)C(=O)NCCc2ccc(Cl)cc2)c2cccs2)cc1. The van der Waals surface area contributed by atoms with Gasteiger partial charge in [-0.05, 0) is 54.6 Å². The molecule has 2 amide bonds. The highest BCUT2D eigenvalue weighted by atomic mass is 35.5. The normalized spacial score (nSPS) is 12.2. The van der Waals surface area contributed by atoms with Gasteiger partial charge in [0.05, 0.1) is 4.90 Å². The minimum absolute atomic E-state index is 0.170. The van der Waals surface area contributed by atoms with Crippen LogP contribution in [0.3, 0.4) is 0 Å². The lowest BCUT2D eigenvalue weighted by molar-refractivity contribution is -0.139. The van der Waals surface area contributed by atoms with Crippen molar-refractivity contribution in [3.8, 4) is 0 Å². The zero-order valence-corrected chi connectivity index (χ0v) is 19.8. The molecule has 0 fully saturated rings. The van der Waals surface area contributed by atoms with Crippen molar-refractivity contribution in [2.24, 2.45) is 0 Å². The zero-order valence-electron chi connectivity index (χ0n) is 17.4. The van der Waals surface area contributed by atoms with Crippen LogP contribution in [0, 0.1) is 6.92 Å². The Morgan fingerprint density at radius 1 is 0.969 bits per heavy atom. The van der Waals surface area contributed by atoms with Crippen molar-refractivity contribution in [3.05, 3.63) is 87.1 Å². The summed E-state index contributed by atoms with van der Waals surface area (Å²) in [6.07, 6.45) is 0.538. The molecule has 0 aliphatic heterocycles. The average Bonchev–Trinajstić information content (AvgIpc) is 3.29. The number of hydrogen-bond acceptors (Lipinski definition) is 5. The summed E-state index contributed by atoms with van der Waals surface area (Å²) < 4.78 is 26.4. The first kappa shape index (κ1) is 24.0. The second-order valence-electron chi connectivity index (χ2n) is 7.20. The van der Waals surface area contributed by atoms with E-state index in [2.05, 4.69) is 10.6 Å². The van der Waals surface area contributed by atoms with E-state index in [1.54, 1.807) is 53.9 Å². The number of carbonyl (C=O) groups is 2. The molecule has 0 saturated carbocycles. The Balaban J connectivity index is 1.61. The monoisotopic (exact) mass is 490 g/mol. The molecule has 0 aliphatic rings. The van der Waals surface area contributed by atoms with Crippen molar-refractivity contribution in [2.45, 2.75) is 23.5 Å². The van der Waals surface area contributed by atoms with Crippen LogP contribution in [-0.2, 0) is 25.8 Å². The van der Waals surface area contributed by atoms with Gasteiger partial charge in [-0.15, -0.1) is 11.3 Å². The van der Waals surface area contributed by atoms with Crippen LogP contribution in [-0.4, -0.2) is 33.3 Å². The smallest absolute Gasteiger partial charge is 0.309 e. The van der Waals surface area contributed by atoms with E-state index < -0.39 is 26.9 Å². The molecule has 0 saturated heterocycles. The summed E-state index contributed by atoms with van der Waals surface area (Å²) in [7, 11) is -3.77. The van der Waals surface area contributed by atoms with Gasteiger partial charge in [-0.25, -0.2) is 8.42 Å². The van der Waals surface area contributed by atoms with Crippen molar-refractivity contribution >= 4 is 44.6 Å². The quantitative estimate of drug-likeness (QED) is 0.471. The lowest BCUT2D eigenvalue weighted by Gasteiger charge is -2.17. The topological polar surface area (TPSA) is 92.3 Å². The number of amides is 2. The van der Waals surface area contributed by atoms with Crippen LogP contribution in [0.25, 0.3) is 0 Å². The van der Waals surface area contributed by atoms with Crippen molar-refractivity contribution in [1.82, 2.24) is 10.6 Å². The molecular weight excluding hydrogens is 468 g/mol. The van der Waals surface area contributed by atoms with Crippen molar-refractivity contribution in [1.29, 1.82) is 0 Å². The van der Waals surface area contributed by atoms with E-state index in [0.717, 1.165) is 11.1 Å². The Bertz CT molecular complexity index is 1160. The first-order valence-electron chi connectivity index (χ1n) is 9.92. The van der Waals surface area contributed by atoms with Crippen LogP contribution < -0.4 is 10.6 Å². The van der Waals surface area contributed by atoms with Gasteiger partial charge in [-0.3, -0.25) is 9.59 Å². The number of thiophene rings is 1. The Kier molecular flexibility index (Phi) is 8.06. The Morgan fingerprint density at radius 3 is 2.25 bits per heavy atom. The van der Waals surface area contributed by atoms with Crippen LogP contribution in [0.1, 0.15) is 21.3 Å². The fourth-order valence-electron chi connectivity index (χ4n) is 3.05. The number of halogens is 1. The van der Waals surface area contributed by atoms with Gasteiger partial charge in [0.1, 0.15) is 5.25 Å². The van der Waals surface area contributed by atoms with Gasteiger partial charge in [0.2, 0.25) is 0 Å². The Hall–Kier alpha value is -2.68. The van der Waals surface area contributed by atoms with Crippen LogP contribution >= 0.6 is 22.9 Å². The maximum absolute atomic E-state index is 13.2. The second kappa shape index (κ2) is 10.8. The summed E-state index contributed by atoms with van der Waals surface area (Å²) in [4.78, 5) is 25.2. The van der Waals surface area contributed by atoms with Crippen LogP contribution in [0.2, 0.25) is 5.02 Å². The highest BCUT2D eigenvalue weighted by Crippen LogP contribution is 2.31. The first-order valence-corrected chi connectivity index (χ1v) is 12.7. The maximum Gasteiger partial charge on any atom is 0.309 e. The summed E-state index contributed by atoms with van der Waals surface area (Å²) in [6, 6.07) is 17.2. The number of sulfone groups is 1. The van der Waals surface area contributed by atoms with E-state index in [1.165, 1.54) is 11.3 Å². The number of benzene rings is 2. The number of rotatable bonds is 8. The highest BCUT2D eigenvalue weighted by molar-refractivity contribution is 7.91. The molecular formula is C23H23ClN2O4S2. The number of nitrogens with one attached hydrogen (secondary N) is 2. The molecule has 32 heavy (non-hydrogen) atoms. The van der Waals surface area contributed by atoms with Crippen LogP contribution in [0.15, 0.2) is 70.9 Å². The van der Waals surface area contributed by atoms with Gasteiger partial charge < -0.3 is 10.6 Å². The van der Waals surface area contributed by atoms with E-state index in [1.807, 2.05) is 19.1 Å². The highest BCUT2D eigenvalue weighted by Gasteiger charge is 2.31. The van der Waals surface area contributed by atoms with Gasteiger partial charge in [-0.1, -0.05) is 47.5 Å². The maximum atomic E-state index is 13.2. The lowest BCUT2D eigenvalue weighted by atomic mass is 10.1. The van der Waals surface area contributed by atoms with E-state index in [4.69, 9.17) is 11.6 Å². The molecule has 0 unspecified atom stereocenters. The van der Waals surface area contributed by atoms with E-state index in [0.29, 0.717) is 16.3 Å². The molecule has 3 aromatic rings. The van der Waals surface area contributed by atoms with E-state index in [9.17, 15) is 18.0 Å². The molecule has 0 spiro atoms. The molecule has 1 atom stereocenters. The van der Waals surface area contributed by atoms with Crippen LogP contribution in [0.4, 0.5) is 0 Å². The molecule has 2 N–H and O–H groups in total. The van der Waals surface area contributed by atoms with E-state index >= 15 is 0 Å². The number of hydrogen-bond donors (Lipinski definition) is 2. The average molecular weight is 491 g/mol. The van der Waals surface area contributed by atoms with Crippen LogP contribution in [0.5, 0.6) is 0 Å². The van der Waals surface area contributed by atoms with Crippen molar-refractivity contribution < 1.29 is 18.0 Å². The lowest BCUT2D eigenvalue weighted by Crippen LogP contribution is -2.42. The second-order valence-corrected chi connectivity index (χ2v) is 10.8. The summed E-state index contributed by atoms with van der Waals surface area (Å²) in [5, 5.41) is 6.43. The van der Waals surface area contributed by atoms with Gasteiger partial charge >= 0.3 is 11.8 Å². The van der Waals surface area contributed by atoms with Gasteiger partial charge in [0.15, 0.2) is 9.84 Å². The zero-order chi connectivity index (χ0) is 23.1. The molecule has 6 nitrogen and oxygen atoms in total. The molecule has 3 rings (SSSR count). The van der Waals surface area contributed by atoms with Gasteiger partial charge in [-0.2, -0.15) is 0 Å². The Morgan fingerprint density at radius 2 is 1.62 bits per heavy atom. The third-order valence-corrected chi connectivity index (χ3v) is 8.34. The molecule has 1 aromatic heterocycles. The molecule has 9 heteroatoms.